The number of nitrogens with one attached hydrogen (secondary N) is 2. The lowest BCUT2D eigenvalue weighted by atomic mass is 10.1. The summed E-state index contributed by atoms with van der Waals surface area (Å²) in [7, 11) is 0. The highest BCUT2D eigenvalue weighted by Crippen LogP contribution is 2.44. The molecule has 2 amide bonds. The van der Waals surface area contributed by atoms with Crippen LogP contribution in [0.5, 0.6) is 5.75 Å². The fraction of sp³-hybridized carbons (Fsp3) is 0.500. The average molecular weight is 264 g/mol. The van der Waals surface area contributed by atoms with Crippen molar-refractivity contribution in [2.45, 2.75) is 19.8 Å². The fourth-order valence-electron chi connectivity index (χ4n) is 1.85. The van der Waals surface area contributed by atoms with Gasteiger partial charge in [-0.1, -0.05) is 12.1 Å². The molecule has 0 radical (unpaired) electrons. The number of benzene rings is 1. The maximum absolute atomic E-state index is 11.8. The van der Waals surface area contributed by atoms with E-state index < -0.39 is 0 Å². The Morgan fingerprint density at radius 2 is 2.16 bits per heavy atom. The van der Waals surface area contributed by atoms with E-state index in [-0.39, 0.29) is 18.1 Å². The number of aliphatic hydroxyl groups is 1. The van der Waals surface area contributed by atoms with E-state index in [1.165, 1.54) is 0 Å². The molecule has 1 fully saturated rings. The number of hydrogen-bond acceptors (Lipinski definition) is 3. The Morgan fingerprint density at radius 3 is 2.79 bits per heavy atom. The Kier molecular flexibility index (Phi) is 4.27. The van der Waals surface area contributed by atoms with E-state index in [9.17, 15) is 9.90 Å². The molecular formula is C14H20N2O3. The highest BCUT2D eigenvalue weighted by molar-refractivity contribution is 5.90. The molecule has 0 atom stereocenters. The van der Waals surface area contributed by atoms with Gasteiger partial charge in [-0.05, 0) is 31.9 Å². The number of ether oxygens (including phenoxy) is 1. The lowest BCUT2D eigenvalue weighted by Crippen LogP contribution is -2.35. The van der Waals surface area contributed by atoms with Gasteiger partial charge in [-0.15, -0.1) is 0 Å². The molecule has 5 heteroatoms. The number of aliphatic hydroxyl groups excluding tert-OH is 1. The highest BCUT2D eigenvalue weighted by atomic mass is 16.5. The van der Waals surface area contributed by atoms with Crippen LogP contribution in [-0.4, -0.2) is 30.9 Å². The van der Waals surface area contributed by atoms with Crippen LogP contribution < -0.4 is 15.4 Å². The minimum atomic E-state index is -0.271. The molecule has 0 unspecified atom stereocenters. The van der Waals surface area contributed by atoms with Gasteiger partial charge in [0.2, 0.25) is 0 Å². The predicted molar refractivity (Wildman–Crippen MR) is 73.4 cm³/mol. The summed E-state index contributed by atoms with van der Waals surface area (Å²) in [6.45, 7) is 3.08. The van der Waals surface area contributed by atoms with Crippen LogP contribution in [-0.2, 0) is 0 Å². The standard InChI is InChI=1S/C14H20N2O3/c1-2-19-12-6-4-3-5-11(12)16-13(18)15-9-14(10-17)7-8-14/h3-6,17H,2,7-10H2,1H3,(H2,15,16,18). The summed E-state index contributed by atoms with van der Waals surface area (Å²) in [5, 5.41) is 14.7. The monoisotopic (exact) mass is 264 g/mol. The van der Waals surface area contributed by atoms with Crippen molar-refractivity contribution < 1.29 is 14.6 Å². The SMILES string of the molecule is CCOc1ccccc1NC(=O)NCC1(CO)CC1. The quantitative estimate of drug-likeness (QED) is 0.735. The lowest BCUT2D eigenvalue weighted by molar-refractivity contribution is 0.206. The zero-order chi connectivity index (χ0) is 13.7. The largest absolute Gasteiger partial charge is 0.492 e. The Morgan fingerprint density at radius 1 is 1.42 bits per heavy atom. The second kappa shape index (κ2) is 5.93. The van der Waals surface area contributed by atoms with Crippen LogP contribution in [0.1, 0.15) is 19.8 Å². The van der Waals surface area contributed by atoms with Crippen LogP contribution in [0.3, 0.4) is 0 Å². The summed E-state index contributed by atoms with van der Waals surface area (Å²) in [5.41, 5.74) is 0.562. The van der Waals surface area contributed by atoms with Gasteiger partial charge < -0.3 is 20.5 Å². The van der Waals surface area contributed by atoms with Crippen LogP contribution in [0.2, 0.25) is 0 Å². The molecule has 0 saturated heterocycles. The third-order valence-corrected chi connectivity index (χ3v) is 3.35. The number of amides is 2. The molecule has 1 aliphatic rings. The number of para-hydroxylation sites is 2. The van der Waals surface area contributed by atoms with E-state index in [4.69, 9.17) is 4.74 Å². The van der Waals surface area contributed by atoms with Crippen LogP contribution in [0.25, 0.3) is 0 Å². The summed E-state index contributed by atoms with van der Waals surface area (Å²) < 4.78 is 5.43. The number of urea groups is 1. The summed E-state index contributed by atoms with van der Waals surface area (Å²) in [4.78, 5) is 11.8. The summed E-state index contributed by atoms with van der Waals surface area (Å²) in [5.74, 6) is 0.656. The average Bonchev–Trinajstić information content (AvgIpc) is 3.20. The third-order valence-electron chi connectivity index (χ3n) is 3.35. The van der Waals surface area contributed by atoms with Crippen molar-refractivity contribution in [3.05, 3.63) is 24.3 Å². The zero-order valence-corrected chi connectivity index (χ0v) is 11.1. The number of anilines is 1. The molecular weight excluding hydrogens is 244 g/mol. The van der Waals surface area contributed by atoms with Crippen molar-refractivity contribution in [3.63, 3.8) is 0 Å². The van der Waals surface area contributed by atoms with Gasteiger partial charge >= 0.3 is 6.03 Å². The molecule has 19 heavy (non-hydrogen) atoms. The Balaban J connectivity index is 1.88. The first-order valence-corrected chi connectivity index (χ1v) is 6.57. The first kappa shape index (κ1) is 13.7. The van der Waals surface area contributed by atoms with Crippen molar-refractivity contribution >= 4 is 11.7 Å². The van der Waals surface area contributed by atoms with Gasteiger partial charge in [0, 0.05) is 12.0 Å². The van der Waals surface area contributed by atoms with Crippen molar-refractivity contribution in [1.29, 1.82) is 0 Å². The molecule has 2 rings (SSSR count). The molecule has 1 saturated carbocycles. The lowest BCUT2D eigenvalue weighted by Gasteiger charge is -2.15. The molecule has 0 aromatic heterocycles. The topological polar surface area (TPSA) is 70.6 Å². The molecule has 1 aliphatic carbocycles. The Labute approximate surface area is 113 Å². The maximum atomic E-state index is 11.8. The van der Waals surface area contributed by atoms with Crippen molar-refractivity contribution in [1.82, 2.24) is 5.32 Å². The molecule has 1 aromatic carbocycles. The first-order valence-electron chi connectivity index (χ1n) is 6.57. The van der Waals surface area contributed by atoms with E-state index in [1.807, 2.05) is 25.1 Å². The minimum absolute atomic E-state index is 0.0865. The van der Waals surface area contributed by atoms with E-state index >= 15 is 0 Å². The summed E-state index contributed by atoms with van der Waals surface area (Å²) >= 11 is 0. The second-order valence-electron chi connectivity index (χ2n) is 4.89. The number of carbonyl (C=O) groups is 1. The normalized spacial score (nSPS) is 15.7. The molecule has 104 valence electrons. The van der Waals surface area contributed by atoms with Crippen LogP contribution >= 0.6 is 0 Å². The molecule has 0 bridgehead atoms. The Bertz CT molecular complexity index is 444. The van der Waals surface area contributed by atoms with Crippen LogP contribution in [0.4, 0.5) is 10.5 Å². The minimum Gasteiger partial charge on any atom is -0.492 e. The van der Waals surface area contributed by atoms with Crippen molar-refractivity contribution in [2.75, 3.05) is 25.1 Å². The molecule has 0 heterocycles. The van der Waals surface area contributed by atoms with Crippen LogP contribution in [0.15, 0.2) is 24.3 Å². The summed E-state index contributed by atoms with van der Waals surface area (Å²) in [6, 6.07) is 7.04. The van der Waals surface area contributed by atoms with Gasteiger partial charge in [0.05, 0.1) is 18.9 Å². The molecule has 0 aliphatic heterocycles. The molecule has 1 aromatic rings. The van der Waals surface area contributed by atoms with Crippen molar-refractivity contribution in [3.8, 4) is 5.75 Å². The number of hydrogen-bond donors (Lipinski definition) is 3. The second-order valence-corrected chi connectivity index (χ2v) is 4.89. The van der Waals surface area contributed by atoms with Gasteiger partial charge in [-0.25, -0.2) is 4.79 Å². The first-order chi connectivity index (χ1) is 9.19. The Hall–Kier alpha value is -1.75. The smallest absolute Gasteiger partial charge is 0.319 e. The van der Waals surface area contributed by atoms with Gasteiger partial charge in [0.1, 0.15) is 5.75 Å². The molecule has 5 nitrogen and oxygen atoms in total. The van der Waals surface area contributed by atoms with E-state index in [0.29, 0.717) is 24.6 Å². The fourth-order valence-corrected chi connectivity index (χ4v) is 1.85. The molecule has 0 spiro atoms. The highest BCUT2D eigenvalue weighted by Gasteiger charge is 2.42. The maximum Gasteiger partial charge on any atom is 0.319 e. The van der Waals surface area contributed by atoms with E-state index in [0.717, 1.165) is 12.8 Å². The zero-order valence-electron chi connectivity index (χ0n) is 11.1. The summed E-state index contributed by atoms with van der Waals surface area (Å²) in [6.07, 6.45) is 1.94. The van der Waals surface area contributed by atoms with E-state index in [1.54, 1.807) is 6.07 Å². The van der Waals surface area contributed by atoms with E-state index in [2.05, 4.69) is 10.6 Å². The van der Waals surface area contributed by atoms with Gasteiger partial charge in [-0.3, -0.25) is 0 Å². The van der Waals surface area contributed by atoms with Crippen molar-refractivity contribution in [2.24, 2.45) is 5.41 Å². The predicted octanol–water partition coefficient (Wildman–Crippen LogP) is 1.98. The molecule has 3 N–H and O–H groups in total. The number of carbonyl (C=O) groups excluding carboxylic acids is 1. The number of rotatable bonds is 6. The van der Waals surface area contributed by atoms with Crippen LogP contribution in [0, 0.1) is 5.41 Å². The van der Waals surface area contributed by atoms with Gasteiger partial charge in [0.25, 0.3) is 0 Å². The van der Waals surface area contributed by atoms with Gasteiger partial charge in [0.15, 0.2) is 0 Å². The van der Waals surface area contributed by atoms with Gasteiger partial charge in [-0.2, -0.15) is 0 Å². The third kappa shape index (κ3) is 3.61.